The number of benzene rings is 1. The molecule has 0 aliphatic carbocycles. The Morgan fingerprint density at radius 3 is 2.54 bits per heavy atom. The molecule has 126 valence electrons. The largest absolute Gasteiger partial charge is 0.380 e. The van der Waals surface area contributed by atoms with Crippen molar-refractivity contribution in [3.8, 4) is 6.07 Å². The van der Waals surface area contributed by atoms with Gasteiger partial charge in [-0.2, -0.15) is 5.26 Å². The van der Waals surface area contributed by atoms with Crippen molar-refractivity contribution in [3.05, 3.63) is 82.3 Å². The van der Waals surface area contributed by atoms with E-state index in [4.69, 9.17) is 5.26 Å². The van der Waals surface area contributed by atoms with Crippen LogP contribution in [0.3, 0.4) is 0 Å². The van der Waals surface area contributed by atoms with Crippen LogP contribution >= 0.6 is 11.8 Å². The second-order valence-electron chi connectivity index (χ2n) is 5.36. The smallest absolute Gasteiger partial charge is 0.0991 e. The molecular weight excluding hydrogens is 312 g/mol. The van der Waals surface area contributed by atoms with E-state index in [0.29, 0.717) is 5.56 Å². The number of nitriles is 1. The lowest BCUT2D eigenvalue weighted by Crippen LogP contribution is -2.16. The Balaban J connectivity index is 0.00000139. The van der Waals surface area contributed by atoms with Gasteiger partial charge in [0.25, 0.3) is 0 Å². The fourth-order valence-electron chi connectivity index (χ4n) is 2.40. The summed E-state index contributed by atoms with van der Waals surface area (Å²) in [6.07, 6.45) is 7.73. The van der Waals surface area contributed by atoms with Gasteiger partial charge in [0.1, 0.15) is 0 Å². The summed E-state index contributed by atoms with van der Waals surface area (Å²) < 4.78 is 0. The van der Waals surface area contributed by atoms with Crippen LogP contribution in [-0.2, 0) is 6.54 Å². The molecule has 3 heteroatoms. The molecule has 0 bridgehead atoms. The number of hydrogen-bond donors (Lipinski definition) is 1. The van der Waals surface area contributed by atoms with Crippen molar-refractivity contribution < 1.29 is 0 Å². The third-order valence-corrected chi connectivity index (χ3v) is 4.53. The molecule has 0 unspecified atom stereocenters. The molecule has 1 aromatic rings. The van der Waals surface area contributed by atoms with Crippen molar-refractivity contribution in [2.75, 3.05) is 0 Å². The van der Waals surface area contributed by atoms with E-state index in [0.717, 1.165) is 25.8 Å². The highest BCUT2D eigenvalue weighted by molar-refractivity contribution is 8.06. The summed E-state index contributed by atoms with van der Waals surface area (Å²) in [5, 5.41) is 14.6. The molecule has 0 atom stereocenters. The highest BCUT2D eigenvalue weighted by Crippen LogP contribution is 2.30. The normalized spacial score (nSPS) is 13.8. The van der Waals surface area contributed by atoms with E-state index in [1.165, 1.54) is 21.7 Å². The Kier molecular flexibility index (Phi) is 9.41. The zero-order valence-corrected chi connectivity index (χ0v) is 15.5. The molecule has 0 saturated heterocycles. The Morgan fingerprint density at radius 1 is 1.29 bits per heavy atom. The Bertz CT molecular complexity index is 645. The van der Waals surface area contributed by atoms with E-state index >= 15 is 0 Å². The third kappa shape index (κ3) is 6.14. The highest BCUT2D eigenvalue weighted by Gasteiger charge is 2.10. The lowest BCUT2D eigenvalue weighted by Gasteiger charge is -2.18. The molecule has 0 saturated carbocycles. The molecule has 0 aromatic heterocycles. The predicted molar refractivity (Wildman–Crippen MR) is 106 cm³/mol. The van der Waals surface area contributed by atoms with Crippen molar-refractivity contribution >= 4 is 11.8 Å². The first-order valence-electron chi connectivity index (χ1n) is 8.19. The van der Waals surface area contributed by atoms with Gasteiger partial charge in [0, 0.05) is 17.1 Å². The standard InChI is InChI=1S/C19H22N2S.C2H4/c1-3-6-15(2)19(18-7-4-5-12-22-18)21-14-17-10-8-16(13-20)9-11-17;1-2/h5,7-12,21H,3-4,6,14H2,1-2H3;1-2H2/b19-15+;. The zero-order valence-electron chi connectivity index (χ0n) is 14.6. The lowest BCUT2D eigenvalue weighted by atomic mass is 10.1. The van der Waals surface area contributed by atoms with Gasteiger partial charge in [0.2, 0.25) is 0 Å². The summed E-state index contributed by atoms with van der Waals surface area (Å²) in [4.78, 5) is 1.32. The van der Waals surface area contributed by atoms with Gasteiger partial charge in [-0.05, 0) is 48.4 Å². The van der Waals surface area contributed by atoms with Gasteiger partial charge in [-0.3, -0.25) is 0 Å². The summed E-state index contributed by atoms with van der Waals surface area (Å²) in [6.45, 7) is 11.2. The van der Waals surface area contributed by atoms with E-state index in [1.54, 1.807) is 11.8 Å². The van der Waals surface area contributed by atoms with Crippen LogP contribution in [0, 0.1) is 11.3 Å². The van der Waals surface area contributed by atoms with E-state index in [2.05, 4.69) is 56.0 Å². The van der Waals surface area contributed by atoms with Crippen LogP contribution in [0.2, 0.25) is 0 Å². The van der Waals surface area contributed by atoms with Crippen LogP contribution in [0.15, 0.2) is 71.2 Å². The number of nitrogens with one attached hydrogen (secondary N) is 1. The van der Waals surface area contributed by atoms with Crippen molar-refractivity contribution in [2.24, 2.45) is 0 Å². The van der Waals surface area contributed by atoms with E-state index in [1.807, 2.05) is 24.3 Å². The Labute approximate surface area is 150 Å². The second kappa shape index (κ2) is 11.4. The van der Waals surface area contributed by atoms with Crippen LogP contribution in [0.25, 0.3) is 0 Å². The van der Waals surface area contributed by atoms with Gasteiger partial charge < -0.3 is 5.32 Å². The van der Waals surface area contributed by atoms with Gasteiger partial charge in [-0.1, -0.05) is 49.4 Å². The van der Waals surface area contributed by atoms with Crippen LogP contribution in [0.1, 0.15) is 44.2 Å². The third-order valence-electron chi connectivity index (χ3n) is 3.58. The highest BCUT2D eigenvalue weighted by atomic mass is 32.2. The topological polar surface area (TPSA) is 35.8 Å². The van der Waals surface area contributed by atoms with Crippen LogP contribution in [0.4, 0.5) is 0 Å². The minimum absolute atomic E-state index is 0.706. The van der Waals surface area contributed by atoms with Crippen molar-refractivity contribution in [2.45, 2.75) is 39.7 Å². The van der Waals surface area contributed by atoms with Crippen LogP contribution in [0.5, 0.6) is 0 Å². The summed E-state index contributed by atoms with van der Waals surface area (Å²) in [7, 11) is 0. The van der Waals surface area contributed by atoms with Crippen molar-refractivity contribution in [3.63, 3.8) is 0 Å². The van der Waals surface area contributed by atoms with Crippen molar-refractivity contribution in [1.29, 1.82) is 5.26 Å². The van der Waals surface area contributed by atoms with E-state index < -0.39 is 0 Å². The summed E-state index contributed by atoms with van der Waals surface area (Å²) in [5.41, 5.74) is 4.57. The Hall–Kier alpha value is -2.18. The average molecular weight is 339 g/mol. The maximum atomic E-state index is 8.86. The molecule has 24 heavy (non-hydrogen) atoms. The van der Waals surface area contributed by atoms with Crippen molar-refractivity contribution in [1.82, 2.24) is 5.32 Å². The minimum Gasteiger partial charge on any atom is -0.380 e. The average Bonchev–Trinajstić information content (AvgIpc) is 2.65. The monoisotopic (exact) mass is 338 g/mol. The maximum Gasteiger partial charge on any atom is 0.0991 e. The lowest BCUT2D eigenvalue weighted by molar-refractivity contribution is 0.790. The molecule has 2 rings (SSSR count). The fraction of sp³-hybridized carbons (Fsp3) is 0.286. The predicted octanol–water partition coefficient (Wildman–Crippen LogP) is 6.06. The van der Waals surface area contributed by atoms with Gasteiger partial charge in [-0.25, -0.2) is 0 Å². The SMILES string of the molecule is C=C.CCC/C(C)=C(/NCc1ccc(C#N)cc1)C1=CCC=CS1. The van der Waals surface area contributed by atoms with Gasteiger partial charge in [0.15, 0.2) is 0 Å². The summed E-state index contributed by atoms with van der Waals surface area (Å²) >= 11 is 1.78. The first-order valence-corrected chi connectivity index (χ1v) is 9.07. The molecule has 0 radical (unpaired) electrons. The van der Waals surface area contributed by atoms with Gasteiger partial charge >= 0.3 is 0 Å². The minimum atomic E-state index is 0.706. The van der Waals surface area contributed by atoms with Crippen LogP contribution in [-0.4, -0.2) is 0 Å². The van der Waals surface area contributed by atoms with Gasteiger partial charge in [-0.15, -0.1) is 13.2 Å². The quantitative estimate of drug-likeness (QED) is 0.640. The molecule has 1 aliphatic rings. The molecule has 2 nitrogen and oxygen atoms in total. The number of rotatable bonds is 6. The second-order valence-corrected chi connectivity index (χ2v) is 6.31. The molecule has 1 N–H and O–H groups in total. The maximum absolute atomic E-state index is 8.86. The van der Waals surface area contributed by atoms with Crippen LogP contribution < -0.4 is 5.32 Å². The number of thioether (sulfide) groups is 1. The first kappa shape index (κ1) is 19.9. The summed E-state index contributed by atoms with van der Waals surface area (Å²) in [6, 6.07) is 9.93. The molecule has 0 spiro atoms. The zero-order chi connectivity index (χ0) is 17.8. The molecule has 1 heterocycles. The summed E-state index contributed by atoms with van der Waals surface area (Å²) in [5.74, 6) is 0. The number of hydrogen-bond acceptors (Lipinski definition) is 3. The number of allylic oxidation sites excluding steroid dienone is 3. The van der Waals surface area contributed by atoms with E-state index in [9.17, 15) is 0 Å². The molecule has 0 amide bonds. The van der Waals surface area contributed by atoms with Gasteiger partial charge in [0.05, 0.1) is 11.6 Å². The molecular formula is C21H26N2S. The Morgan fingerprint density at radius 2 is 2.00 bits per heavy atom. The first-order chi connectivity index (χ1) is 11.7. The van der Waals surface area contributed by atoms with E-state index in [-0.39, 0.29) is 0 Å². The molecule has 0 fully saturated rings. The molecule has 1 aromatic carbocycles. The number of nitrogens with zero attached hydrogens (tertiary/aromatic N) is 1. The fourth-order valence-corrected chi connectivity index (χ4v) is 3.31. The molecule has 1 aliphatic heterocycles.